The largest absolute Gasteiger partial charge is 0.513 e. The van der Waals surface area contributed by atoms with Crippen molar-refractivity contribution in [1.82, 2.24) is 0 Å². The summed E-state index contributed by atoms with van der Waals surface area (Å²) in [5.74, 6) is -3.51. The number of ether oxygens (including phenoxy) is 4. The molecule has 0 aliphatic rings. The van der Waals surface area contributed by atoms with Gasteiger partial charge in [-0.3, -0.25) is 9.59 Å². The lowest BCUT2D eigenvalue weighted by Crippen LogP contribution is -2.18. The maximum Gasteiger partial charge on any atom is 0.513 e. The highest BCUT2D eigenvalue weighted by Gasteiger charge is 2.26. The van der Waals surface area contributed by atoms with Crippen LogP contribution in [-0.4, -0.2) is 49.0 Å². The summed E-state index contributed by atoms with van der Waals surface area (Å²) >= 11 is 0. The molecule has 0 unspecified atom stereocenters. The minimum atomic E-state index is -1.25. The lowest BCUT2D eigenvalue weighted by Gasteiger charge is -2.13. The molecule has 2 rings (SSSR count). The van der Waals surface area contributed by atoms with Gasteiger partial charge in [-0.25, -0.2) is 29.0 Å². The van der Waals surface area contributed by atoms with Crippen molar-refractivity contribution in [3.63, 3.8) is 0 Å². The number of carbonyl (C=O) groups is 6. The molecule has 322 valence electrons. The van der Waals surface area contributed by atoms with E-state index in [0.29, 0.717) is 25.7 Å². The summed E-state index contributed by atoms with van der Waals surface area (Å²) in [6.45, 7) is 8.64. The van der Waals surface area contributed by atoms with Crippen LogP contribution in [0.25, 0.3) is 0 Å². The van der Waals surface area contributed by atoms with E-state index < -0.39 is 24.2 Å². The second-order valence-corrected chi connectivity index (χ2v) is 14.6. The second kappa shape index (κ2) is 30.4. The van der Waals surface area contributed by atoms with Crippen LogP contribution in [0.1, 0.15) is 210 Å². The predicted molar refractivity (Wildman–Crippen MR) is 221 cm³/mol. The van der Waals surface area contributed by atoms with Gasteiger partial charge in [0.15, 0.2) is 11.6 Å². The van der Waals surface area contributed by atoms with E-state index in [1.54, 1.807) is 0 Å². The lowest BCUT2D eigenvalue weighted by atomic mass is 10.0. The molecule has 2 aromatic carbocycles. The van der Waals surface area contributed by atoms with Gasteiger partial charge in [0.2, 0.25) is 0 Å². The van der Waals surface area contributed by atoms with Crippen molar-refractivity contribution in [2.45, 2.75) is 169 Å². The van der Waals surface area contributed by atoms with E-state index in [0.717, 1.165) is 103 Å². The predicted octanol–water partition coefficient (Wildman–Crippen LogP) is 12.7. The third-order valence-corrected chi connectivity index (χ3v) is 9.57. The maximum atomic E-state index is 13.5. The number of hydrogen-bond acceptors (Lipinski definition) is 12. The number of ketones is 2. The van der Waals surface area contributed by atoms with Gasteiger partial charge in [0.05, 0.1) is 13.2 Å². The Hall–Kier alpha value is -4.74. The number of rotatable bonds is 30. The Balaban J connectivity index is 2.28. The highest BCUT2D eigenvalue weighted by atomic mass is 17.2. The fourth-order valence-electron chi connectivity index (χ4n) is 6.10. The van der Waals surface area contributed by atoms with Crippen LogP contribution in [0.4, 0.5) is 9.59 Å². The molecule has 0 aromatic heterocycles. The fraction of sp³-hybridized carbons (Fsp3) is 0.609. The first-order valence-electron chi connectivity index (χ1n) is 21.6. The van der Waals surface area contributed by atoms with Crippen LogP contribution >= 0.6 is 0 Å². The van der Waals surface area contributed by atoms with Crippen molar-refractivity contribution < 1.29 is 57.5 Å². The topological polar surface area (TPSA) is 158 Å². The Morgan fingerprint density at radius 2 is 0.741 bits per heavy atom. The van der Waals surface area contributed by atoms with Gasteiger partial charge in [-0.05, 0) is 62.1 Å². The molecular formula is C46H66O12. The van der Waals surface area contributed by atoms with E-state index in [1.807, 2.05) is 0 Å². The highest BCUT2D eigenvalue weighted by Crippen LogP contribution is 2.26. The quantitative estimate of drug-likeness (QED) is 0.0184. The number of Topliss-reactive ketones (excluding diaryl/α,β-unsaturated/α-hetero) is 2. The summed E-state index contributed by atoms with van der Waals surface area (Å²) in [7, 11) is 0. The molecule has 58 heavy (non-hydrogen) atoms. The molecule has 0 radical (unpaired) electrons. The normalized spacial score (nSPS) is 10.8. The smallest absolute Gasteiger partial charge is 0.434 e. The zero-order chi connectivity index (χ0) is 42.4. The van der Waals surface area contributed by atoms with Crippen LogP contribution in [0.2, 0.25) is 0 Å². The van der Waals surface area contributed by atoms with Crippen molar-refractivity contribution in [2.75, 3.05) is 13.2 Å². The van der Waals surface area contributed by atoms with Gasteiger partial charge in [-0.1, -0.05) is 130 Å². The second-order valence-electron chi connectivity index (χ2n) is 14.6. The standard InChI is InChI=1S/C46H66O12/c1-5-9-13-17-21-25-39(47)35-27-29-41(55-45(51)53-31-23-19-15-11-7-3)37(33-35)43(49)57-58-44(50)38-34-36(40(48)26-22-18-14-10-6-2)28-30-42(38)56-46(52)54-32-24-20-16-12-8-4/h27-30,33-34H,5-26,31-32H2,1-4H3. The summed E-state index contributed by atoms with van der Waals surface area (Å²) in [6, 6.07) is 7.86. The zero-order valence-corrected chi connectivity index (χ0v) is 35.3. The Morgan fingerprint density at radius 1 is 0.414 bits per heavy atom. The Bertz CT molecular complexity index is 1450. The van der Waals surface area contributed by atoms with Crippen molar-refractivity contribution in [3.05, 3.63) is 58.7 Å². The van der Waals surface area contributed by atoms with Crippen LogP contribution in [-0.2, 0) is 19.2 Å². The van der Waals surface area contributed by atoms with Gasteiger partial charge in [-0.2, -0.15) is 0 Å². The molecule has 0 saturated heterocycles. The number of benzene rings is 2. The van der Waals surface area contributed by atoms with Gasteiger partial charge >= 0.3 is 24.2 Å². The van der Waals surface area contributed by atoms with Gasteiger partial charge in [-0.15, -0.1) is 0 Å². The average molecular weight is 811 g/mol. The summed E-state index contributed by atoms with van der Waals surface area (Å²) in [4.78, 5) is 88.2. The molecule has 12 heteroatoms. The first kappa shape index (κ1) is 49.4. The SMILES string of the molecule is CCCCCCCOC(=O)Oc1ccc(C(=O)CCCCCCC)cc1C(=O)OOC(=O)c1cc(C(=O)CCCCCCC)ccc1OC(=O)OCCCCCCC. The lowest BCUT2D eigenvalue weighted by molar-refractivity contribution is -0.187. The van der Waals surface area contributed by atoms with Crippen molar-refractivity contribution >= 4 is 35.8 Å². The Kier molecular flexibility index (Phi) is 25.9. The molecule has 2 aromatic rings. The molecule has 0 saturated carbocycles. The molecule has 0 aliphatic carbocycles. The van der Waals surface area contributed by atoms with Crippen LogP contribution < -0.4 is 9.47 Å². The van der Waals surface area contributed by atoms with Crippen LogP contribution in [0.5, 0.6) is 11.5 Å². The third kappa shape index (κ3) is 20.1. The van der Waals surface area contributed by atoms with E-state index in [4.69, 9.17) is 28.7 Å². The number of carbonyl (C=O) groups excluding carboxylic acids is 6. The summed E-state index contributed by atoms with van der Waals surface area (Å²) in [6.07, 6.45) is 17.1. The third-order valence-electron chi connectivity index (χ3n) is 9.57. The van der Waals surface area contributed by atoms with Crippen LogP contribution in [0.3, 0.4) is 0 Å². The summed E-state index contributed by atoms with van der Waals surface area (Å²) < 4.78 is 21.1. The molecule has 12 nitrogen and oxygen atoms in total. The molecule has 0 atom stereocenters. The minimum absolute atomic E-state index is 0.117. The van der Waals surface area contributed by atoms with E-state index in [1.165, 1.54) is 36.4 Å². The maximum absolute atomic E-state index is 13.5. The van der Waals surface area contributed by atoms with Gasteiger partial charge in [0, 0.05) is 24.0 Å². The fourth-order valence-corrected chi connectivity index (χ4v) is 6.10. The number of hydrogen-bond donors (Lipinski definition) is 0. The van der Waals surface area contributed by atoms with Crippen LogP contribution in [0, 0.1) is 0 Å². The monoisotopic (exact) mass is 810 g/mol. The van der Waals surface area contributed by atoms with E-state index in [9.17, 15) is 28.8 Å². The molecule has 0 fully saturated rings. The molecule has 0 N–H and O–H groups in total. The van der Waals surface area contributed by atoms with Crippen molar-refractivity contribution in [1.29, 1.82) is 0 Å². The molecular weight excluding hydrogens is 744 g/mol. The van der Waals surface area contributed by atoms with Crippen molar-refractivity contribution in [2.24, 2.45) is 0 Å². The van der Waals surface area contributed by atoms with Gasteiger partial charge < -0.3 is 18.9 Å². The molecule has 0 aliphatic heterocycles. The molecule has 0 bridgehead atoms. The first-order valence-corrected chi connectivity index (χ1v) is 21.6. The molecule has 0 heterocycles. The van der Waals surface area contributed by atoms with E-state index in [-0.39, 0.29) is 71.4 Å². The number of unbranched alkanes of at least 4 members (excludes halogenated alkanes) is 16. The highest BCUT2D eigenvalue weighted by molar-refractivity contribution is 6.02. The van der Waals surface area contributed by atoms with E-state index in [2.05, 4.69) is 27.7 Å². The molecule has 0 spiro atoms. The zero-order valence-electron chi connectivity index (χ0n) is 35.3. The molecule has 0 amide bonds. The van der Waals surface area contributed by atoms with Gasteiger partial charge in [0.1, 0.15) is 22.6 Å². The first-order chi connectivity index (χ1) is 28.1. The van der Waals surface area contributed by atoms with Gasteiger partial charge in [0.25, 0.3) is 0 Å². The summed E-state index contributed by atoms with van der Waals surface area (Å²) in [5.41, 5.74) is -0.386. The Labute approximate surface area is 344 Å². The Morgan fingerprint density at radius 3 is 1.09 bits per heavy atom. The summed E-state index contributed by atoms with van der Waals surface area (Å²) in [5, 5.41) is 0. The van der Waals surface area contributed by atoms with E-state index >= 15 is 0 Å². The van der Waals surface area contributed by atoms with Crippen LogP contribution in [0.15, 0.2) is 36.4 Å². The van der Waals surface area contributed by atoms with Crippen molar-refractivity contribution in [3.8, 4) is 11.5 Å². The average Bonchev–Trinajstić information content (AvgIpc) is 3.22. The minimum Gasteiger partial charge on any atom is -0.434 e.